The third-order valence-corrected chi connectivity index (χ3v) is 3.18. The van der Waals surface area contributed by atoms with Crippen LogP contribution < -0.4 is 10.6 Å². The molecule has 0 aliphatic carbocycles. The van der Waals surface area contributed by atoms with Gasteiger partial charge in [0.25, 0.3) is 0 Å². The van der Waals surface area contributed by atoms with Gasteiger partial charge < -0.3 is 15.4 Å². The van der Waals surface area contributed by atoms with Crippen molar-refractivity contribution in [3.63, 3.8) is 0 Å². The molecule has 1 aromatic carbocycles. The summed E-state index contributed by atoms with van der Waals surface area (Å²) in [6.07, 6.45) is 0. The van der Waals surface area contributed by atoms with Crippen LogP contribution in [0, 0.1) is 11.2 Å². The molecule has 0 amide bonds. The number of rotatable bonds is 4. The lowest BCUT2D eigenvalue weighted by molar-refractivity contribution is -0.0971. The fraction of sp³-hybridized carbons (Fsp3) is 0.500. The average molecular weight is 265 g/mol. The number of benzene rings is 1. The van der Waals surface area contributed by atoms with Gasteiger partial charge in [0.15, 0.2) is 5.96 Å². The first-order valence-corrected chi connectivity index (χ1v) is 6.38. The monoisotopic (exact) mass is 265 g/mol. The molecule has 104 valence electrons. The fourth-order valence-electron chi connectivity index (χ4n) is 1.86. The third kappa shape index (κ3) is 3.92. The Labute approximate surface area is 113 Å². The Bertz CT molecular complexity index is 441. The third-order valence-electron chi connectivity index (χ3n) is 3.18. The molecule has 2 rings (SSSR count). The van der Waals surface area contributed by atoms with E-state index in [1.165, 1.54) is 12.1 Å². The molecule has 19 heavy (non-hydrogen) atoms. The lowest BCUT2D eigenvalue weighted by Crippen LogP contribution is -2.50. The number of hydrogen-bond acceptors (Lipinski definition) is 2. The van der Waals surface area contributed by atoms with E-state index < -0.39 is 0 Å². The number of aliphatic imine (C=N–C) groups is 1. The van der Waals surface area contributed by atoms with Crippen LogP contribution in [-0.4, -0.2) is 32.8 Å². The van der Waals surface area contributed by atoms with Gasteiger partial charge in [-0.2, -0.15) is 0 Å². The van der Waals surface area contributed by atoms with Crippen LogP contribution in [0.4, 0.5) is 4.39 Å². The maximum atomic E-state index is 12.8. The standard InChI is InChI=1S/C14H20FN3O/c1-14(9-19-10-14)8-18-13(16-2)17-7-11-3-5-12(15)6-4-11/h3-6H,7-10H2,1-2H3,(H2,16,17,18). The zero-order valence-electron chi connectivity index (χ0n) is 11.4. The highest BCUT2D eigenvalue weighted by molar-refractivity contribution is 5.79. The number of hydrogen-bond donors (Lipinski definition) is 2. The molecule has 1 aromatic rings. The zero-order valence-corrected chi connectivity index (χ0v) is 11.4. The molecule has 0 atom stereocenters. The molecule has 0 bridgehead atoms. The smallest absolute Gasteiger partial charge is 0.191 e. The SMILES string of the molecule is CN=C(NCc1ccc(F)cc1)NCC1(C)COC1. The van der Waals surface area contributed by atoms with E-state index in [-0.39, 0.29) is 11.2 Å². The summed E-state index contributed by atoms with van der Waals surface area (Å²) >= 11 is 0. The van der Waals surface area contributed by atoms with Crippen molar-refractivity contribution < 1.29 is 9.13 Å². The Hall–Kier alpha value is -1.62. The van der Waals surface area contributed by atoms with Gasteiger partial charge in [-0.3, -0.25) is 4.99 Å². The van der Waals surface area contributed by atoms with E-state index in [0.29, 0.717) is 6.54 Å². The molecule has 1 heterocycles. The minimum Gasteiger partial charge on any atom is -0.380 e. The Kier molecular flexibility index (Phi) is 4.37. The Morgan fingerprint density at radius 2 is 2.00 bits per heavy atom. The first kappa shape index (κ1) is 13.8. The number of nitrogens with zero attached hydrogens (tertiary/aromatic N) is 1. The molecule has 1 saturated heterocycles. The first-order chi connectivity index (χ1) is 9.11. The van der Waals surface area contributed by atoms with Gasteiger partial charge in [0.05, 0.1) is 13.2 Å². The Morgan fingerprint density at radius 1 is 1.32 bits per heavy atom. The Morgan fingerprint density at radius 3 is 2.53 bits per heavy atom. The van der Waals surface area contributed by atoms with Crippen molar-refractivity contribution in [3.8, 4) is 0 Å². The quantitative estimate of drug-likeness (QED) is 0.641. The second kappa shape index (κ2) is 6.02. The average Bonchev–Trinajstić information content (AvgIpc) is 2.39. The summed E-state index contributed by atoms with van der Waals surface area (Å²) in [5.74, 6) is 0.529. The maximum absolute atomic E-state index is 12.8. The summed E-state index contributed by atoms with van der Waals surface area (Å²) < 4.78 is 18.0. The normalized spacial score (nSPS) is 17.7. The molecular formula is C14H20FN3O. The molecule has 0 unspecified atom stereocenters. The summed E-state index contributed by atoms with van der Waals surface area (Å²) in [6.45, 7) is 5.20. The largest absolute Gasteiger partial charge is 0.380 e. The van der Waals surface area contributed by atoms with Crippen molar-refractivity contribution in [1.29, 1.82) is 0 Å². The van der Waals surface area contributed by atoms with Crippen LogP contribution in [0.15, 0.2) is 29.3 Å². The van der Waals surface area contributed by atoms with Crippen LogP contribution in [0.3, 0.4) is 0 Å². The van der Waals surface area contributed by atoms with Gasteiger partial charge in [-0.1, -0.05) is 19.1 Å². The van der Waals surface area contributed by atoms with E-state index in [0.717, 1.165) is 31.3 Å². The molecule has 0 saturated carbocycles. The predicted octanol–water partition coefficient (Wildman–Crippen LogP) is 1.53. The van der Waals surface area contributed by atoms with Crippen molar-refractivity contribution >= 4 is 5.96 Å². The maximum Gasteiger partial charge on any atom is 0.191 e. The van der Waals surface area contributed by atoms with Crippen molar-refractivity contribution in [2.45, 2.75) is 13.5 Å². The highest BCUT2D eigenvalue weighted by Gasteiger charge is 2.33. The van der Waals surface area contributed by atoms with Crippen LogP contribution in [0.1, 0.15) is 12.5 Å². The zero-order chi connectivity index (χ0) is 13.7. The summed E-state index contributed by atoms with van der Waals surface area (Å²) in [5.41, 5.74) is 1.22. The van der Waals surface area contributed by atoms with E-state index in [9.17, 15) is 4.39 Å². The predicted molar refractivity (Wildman–Crippen MR) is 73.5 cm³/mol. The van der Waals surface area contributed by atoms with Crippen molar-refractivity contribution in [1.82, 2.24) is 10.6 Å². The van der Waals surface area contributed by atoms with E-state index in [1.54, 1.807) is 19.2 Å². The fourth-order valence-corrected chi connectivity index (χ4v) is 1.86. The van der Waals surface area contributed by atoms with Crippen LogP contribution >= 0.6 is 0 Å². The molecule has 4 nitrogen and oxygen atoms in total. The second-order valence-corrected chi connectivity index (χ2v) is 5.21. The molecule has 5 heteroatoms. The number of guanidine groups is 1. The van der Waals surface area contributed by atoms with Gasteiger partial charge in [-0.15, -0.1) is 0 Å². The summed E-state index contributed by atoms with van der Waals surface area (Å²) in [5, 5.41) is 6.48. The van der Waals surface area contributed by atoms with Gasteiger partial charge in [0.2, 0.25) is 0 Å². The minimum absolute atomic E-state index is 0.202. The highest BCUT2D eigenvalue weighted by Crippen LogP contribution is 2.24. The topological polar surface area (TPSA) is 45.7 Å². The molecule has 1 aliphatic heterocycles. The molecule has 0 spiro atoms. The summed E-state index contributed by atoms with van der Waals surface area (Å²) in [7, 11) is 1.74. The van der Waals surface area contributed by atoms with Crippen molar-refractivity contribution in [2.75, 3.05) is 26.8 Å². The summed E-state index contributed by atoms with van der Waals surface area (Å²) in [6, 6.07) is 6.44. The molecular weight excluding hydrogens is 245 g/mol. The molecule has 1 fully saturated rings. The van der Waals surface area contributed by atoms with Gasteiger partial charge in [-0.05, 0) is 17.7 Å². The lowest BCUT2D eigenvalue weighted by atomic mass is 9.89. The van der Waals surface area contributed by atoms with Crippen molar-refractivity contribution in [2.24, 2.45) is 10.4 Å². The molecule has 0 radical (unpaired) electrons. The van der Waals surface area contributed by atoms with Gasteiger partial charge >= 0.3 is 0 Å². The van der Waals surface area contributed by atoms with Crippen LogP contribution in [0.5, 0.6) is 0 Å². The second-order valence-electron chi connectivity index (χ2n) is 5.21. The Balaban J connectivity index is 1.77. The van der Waals surface area contributed by atoms with E-state index in [1.807, 2.05) is 0 Å². The van der Waals surface area contributed by atoms with Crippen LogP contribution in [0.25, 0.3) is 0 Å². The van der Waals surface area contributed by atoms with Gasteiger partial charge in [0.1, 0.15) is 5.82 Å². The van der Waals surface area contributed by atoms with Gasteiger partial charge in [-0.25, -0.2) is 4.39 Å². The summed E-state index contributed by atoms with van der Waals surface area (Å²) in [4.78, 5) is 4.16. The molecule has 2 N–H and O–H groups in total. The number of nitrogens with one attached hydrogen (secondary N) is 2. The highest BCUT2D eigenvalue weighted by atomic mass is 19.1. The minimum atomic E-state index is -0.218. The van der Waals surface area contributed by atoms with Crippen LogP contribution in [0.2, 0.25) is 0 Å². The van der Waals surface area contributed by atoms with Crippen molar-refractivity contribution in [3.05, 3.63) is 35.6 Å². The molecule has 1 aliphatic rings. The van der Waals surface area contributed by atoms with E-state index in [4.69, 9.17) is 4.74 Å². The van der Waals surface area contributed by atoms with E-state index >= 15 is 0 Å². The number of ether oxygens (including phenoxy) is 1. The van der Waals surface area contributed by atoms with E-state index in [2.05, 4.69) is 22.5 Å². The first-order valence-electron chi connectivity index (χ1n) is 6.38. The lowest BCUT2D eigenvalue weighted by Gasteiger charge is -2.38. The number of halogens is 1. The van der Waals surface area contributed by atoms with Crippen LogP contribution in [-0.2, 0) is 11.3 Å². The van der Waals surface area contributed by atoms with Gasteiger partial charge in [0, 0.05) is 25.6 Å². The molecule has 0 aromatic heterocycles.